The molecule has 1 unspecified atom stereocenters. The summed E-state index contributed by atoms with van der Waals surface area (Å²) in [5, 5.41) is 8.88. The number of carboxylic acids is 1. The highest BCUT2D eigenvalue weighted by Crippen LogP contribution is 2.20. The Hall–Kier alpha value is -0.750. The van der Waals surface area contributed by atoms with Crippen LogP contribution in [-0.2, 0) is 9.59 Å². The molecule has 0 bridgehead atoms. The molecule has 1 heterocycles. The number of thioether (sulfide) groups is 1. The third-order valence-corrected chi connectivity index (χ3v) is 4.39. The molecule has 1 rings (SSSR count). The quantitative estimate of drug-likeness (QED) is 0.658. The van der Waals surface area contributed by atoms with E-state index in [-0.39, 0.29) is 18.4 Å². The van der Waals surface area contributed by atoms with Crippen LogP contribution in [0, 0.1) is 0 Å². The Kier molecular flexibility index (Phi) is 7.90. The van der Waals surface area contributed by atoms with Crippen molar-refractivity contribution in [2.45, 2.75) is 44.6 Å². The van der Waals surface area contributed by atoms with Gasteiger partial charge < -0.3 is 15.7 Å². The van der Waals surface area contributed by atoms with E-state index >= 15 is 0 Å². The number of hydrogen-bond acceptors (Lipinski definition) is 4. The van der Waals surface area contributed by atoms with Gasteiger partial charge in [-0.2, -0.15) is 11.8 Å². The zero-order valence-corrected chi connectivity index (χ0v) is 12.2. The Morgan fingerprint density at radius 3 is 2.68 bits per heavy atom. The Morgan fingerprint density at radius 2 is 2.00 bits per heavy atom. The molecule has 0 radical (unpaired) electrons. The lowest BCUT2D eigenvalue weighted by Gasteiger charge is -2.34. The van der Waals surface area contributed by atoms with Crippen molar-refractivity contribution >= 4 is 23.6 Å². The summed E-state index contributed by atoms with van der Waals surface area (Å²) >= 11 is 1.73. The van der Waals surface area contributed by atoms with Gasteiger partial charge in [0.15, 0.2) is 0 Å². The Morgan fingerprint density at radius 1 is 1.26 bits per heavy atom. The summed E-state index contributed by atoms with van der Waals surface area (Å²) in [5.41, 5.74) is 5.42. The predicted octanol–water partition coefficient (Wildman–Crippen LogP) is 1.31. The van der Waals surface area contributed by atoms with Crippen LogP contribution in [0.3, 0.4) is 0 Å². The van der Waals surface area contributed by atoms with E-state index in [9.17, 15) is 9.59 Å². The van der Waals surface area contributed by atoms with Crippen LogP contribution < -0.4 is 5.73 Å². The Labute approximate surface area is 118 Å². The summed E-state index contributed by atoms with van der Waals surface area (Å²) in [7, 11) is 0. The van der Waals surface area contributed by atoms with E-state index in [1.165, 1.54) is 0 Å². The van der Waals surface area contributed by atoms with Crippen molar-refractivity contribution in [1.82, 2.24) is 4.90 Å². The fourth-order valence-corrected chi connectivity index (χ4v) is 3.33. The molecule has 0 aromatic rings. The molecule has 1 amide bonds. The van der Waals surface area contributed by atoms with Crippen molar-refractivity contribution in [1.29, 1.82) is 0 Å². The van der Waals surface area contributed by atoms with Crippen LogP contribution in [0.15, 0.2) is 0 Å². The molecule has 1 aliphatic heterocycles. The summed E-state index contributed by atoms with van der Waals surface area (Å²) < 4.78 is 0. The third-order valence-electron chi connectivity index (χ3n) is 3.30. The molecule has 19 heavy (non-hydrogen) atoms. The number of unbranched alkanes of at least 4 members (excludes halogenated alkanes) is 3. The van der Waals surface area contributed by atoms with Gasteiger partial charge in [-0.05, 0) is 19.4 Å². The van der Waals surface area contributed by atoms with Crippen LogP contribution in [-0.4, -0.2) is 52.5 Å². The number of hydrogen-bond donors (Lipinski definition) is 2. The normalized spacial score (nSPS) is 19.4. The van der Waals surface area contributed by atoms with E-state index in [4.69, 9.17) is 10.8 Å². The summed E-state index contributed by atoms with van der Waals surface area (Å²) in [5.74, 6) is 0.938. The molecule has 6 heteroatoms. The van der Waals surface area contributed by atoms with Crippen molar-refractivity contribution in [2.75, 3.05) is 24.6 Å². The fourth-order valence-electron chi connectivity index (χ4n) is 2.27. The molecule has 1 aliphatic rings. The van der Waals surface area contributed by atoms with E-state index in [1.807, 2.05) is 0 Å². The van der Waals surface area contributed by atoms with Crippen LogP contribution in [0.25, 0.3) is 0 Å². The number of nitrogens with two attached hydrogens (primary N) is 1. The molecular formula is C13H24N2O3S. The zero-order valence-electron chi connectivity index (χ0n) is 11.3. The number of amides is 1. The van der Waals surface area contributed by atoms with Gasteiger partial charge in [0.25, 0.3) is 0 Å². The van der Waals surface area contributed by atoms with Crippen molar-refractivity contribution in [3.63, 3.8) is 0 Å². The number of nitrogens with zero attached hydrogens (tertiary/aromatic N) is 1. The lowest BCUT2D eigenvalue weighted by molar-refractivity contribution is -0.140. The largest absolute Gasteiger partial charge is 0.481 e. The molecule has 1 saturated heterocycles. The molecule has 1 fully saturated rings. The topological polar surface area (TPSA) is 83.6 Å². The first-order valence-electron chi connectivity index (χ1n) is 6.94. The smallest absolute Gasteiger partial charge is 0.305 e. The van der Waals surface area contributed by atoms with Crippen LogP contribution in [0.1, 0.15) is 38.5 Å². The molecule has 5 nitrogen and oxygen atoms in total. The van der Waals surface area contributed by atoms with Crippen molar-refractivity contribution in [3.8, 4) is 0 Å². The molecule has 0 saturated carbocycles. The summed E-state index contributed by atoms with van der Waals surface area (Å²) in [6, 6.07) is -0.132. The van der Waals surface area contributed by atoms with Gasteiger partial charge in [-0.3, -0.25) is 9.59 Å². The number of aliphatic carboxylic acids is 1. The van der Waals surface area contributed by atoms with Gasteiger partial charge in [0.05, 0.1) is 12.5 Å². The average Bonchev–Trinajstić information content (AvgIpc) is 2.38. The highest BCUT2D eigenvalue weighted by Gasteiger charge is 2.28. The highest BCUT2D eigenvalue weighted by atomic mass is 32.2. The van der Waals surface area contributed by atoms with Crippen LogP contribution in [0.4, 0.5) is 0 Å². The predicted molar refractivity (Wildman–Crippen MR) is 77.2 cm³/mol. The van der Waals surface area contributed by atoms with Crippen molar-refractivity contribution in [2.24, 2.45) is 5.73 Å². The number of carbonyl (C=O) groups excluding carboxylic acids is 1. The maximum atomic E-state index is 12.1. The number of carbonyl (C=O) groups is 2. The minimum atomic E-state index is -0.826. The van der Waals surface area contributed by atoms with Crippen molar-refractivity contribution in [3.05, 3.63) is 0 Å². The van der Waals surface area contributed by atoms with Gasteiger partial charge in [0.2, 0.25) is 5.91 Å². The second-order valence-electron chi connectivity index (χ2n) is 4.87. The summed E-state index contributed by atoms with van der Waals surface area (Å²) in [4.78, 5) is 24.7. The molecule has 0 aliphatic carbocycles. The lowest BCUT2D eigenvalue weighted by Crippen LogP contribution is -2.47. The monoisotopic (exact) mass is 288 g/mol. The molecule has 3 N–H and O–H groups in total. The van der Waals surface area contributed by atoms with Gasteiger partial charge in [0.1, 0.15) is 0 Å². The lowest BCUT2D eigenvalue weighted by atomic mass is 10.1. The minimum Gasteiger partial charge on any atom is -0.481 e. The second kappa shape index (κ2) is 9.20. The Balaban J connectivity index is 2.32. The molecule has 1 atom stereocenters. The zero-order chi connectivity index (χ0) is 14.1. The van der Waals surface area contributed by atoms with Gasteiger partial charge >= 0.3 is 5.97 Å². The minimum absolute atomic E-state index is 0.0614. The standard InChI is InChI=1S/C13H24N2O3S/c14-6-4-2-1-3-5-12(16)15-7-8-19-10-11(15)9-13(17)18/h11H,1-10,14H2,(H,17,18). The van der Waals surface area contributed by atoms with Crippen LogP contribution >= 0.6 is 11.8 Å². The first-order valence-corrected chi connectivity index (χ1v) is 8.09. The summed E-state index contributed by atoms with van der Waals surface area (Å²) in [6.07, 6.45) is 4.57. The second-order valence-corrected chi connectivity index (χ2v) is 6.02. The van der Waals surface area contributed by atoms with E-state index in [0.29, 0.717) is 19.5 Å². The highest BCUT2D eigenvalue weighted by molar-refractivity contribution is 7.99. The maximum absolute atomic E-state index is 12.1. The van der Waals surface area contributed by atoms with Crippen molar-refractivity contribution < 1.29 is 14.7 Å². The van der Waals surface area contributed by atoms with E-state index < -0.39 is 5.97 Å². The van der Waals surface area contributed by atoms with E-state index in [0.717, 1.165) is 37.2 Å². The van der Waals surface area contributed by atoms with Gasteiger partial charge in [0, 0.05) is 24.5 Å². The maximum Gasteiger partial charge on any atom is 0.305 e. The average molecular weight is 288 g/mol. The molecule has 110 valence electrons. The molecule has 0 aromatic carbocycles. The fraction of sp³-hybridized carbons (Fsp3) is 0.846. The van der Waals surface area contributed by atoms with E-state index in [2.05, 4.69) is 0 Å². The molecular weight excluding hydrogens is 264 g/mol. The SMILES string of the molecule is NCCCCCCC(=O)N1CCSCC1CC(=O)O. The van der Waals surface area contributed by atoms with Gasteiger partial charge in [-0.1, -0.05) is 12.8 Å². The number of carboxylic acid groups (broad SMARTS) is 1. The molecule has 0 aromatic heterocycles. The Bertz CT molecular complexity index is 300. The van der Waals surface area contributed by atoms with Crippen LogP contribution in [0.5, 0.6) is 0 Å². The first-order chi connectivity index (χ1) is 9.15. The van der Waals surface area contributed by atoms with E-state index in [1.54, 1.807) is 16.7 Å². The van der Waals surface area contributed by atoms with Crippen LogP contribution in [0.2, 0.25) is 0 Å². The first kappa shape index (κ1) is 16.3. The van der Waals surface area contributed by atoms with Gasteiger partial charge in [-0.25, -0.2) is 0 Å². The third kappa shape index (κ3) is 6.29. The summed E-state index contributed by atoms with van der Waals surface area (Å²) in [6.45, 7) is 1.39. The molecule has 0 spiro atoms. The van der Waals surface area contributed by atoms with Gasteiger partial charge in [-0.15, -0.1) is 0 Å². The number of rotatable bonds is 8.